The van der Waals surface area contributed by atoms with Gasteiger partial charge in [0.05, 0.1) is 11.4 Å². The summed E-state index contributed by atoms with van der Waals surface area (Å²) in [6.45, 7) is 8.68. The average Bonchev–Trinajstić information content (AvgIpc) is 2.99. The molecule has 0 saturated heterocycles. The fourth-order valence-corrected chi connectivity index (χ4v) is 4.15. The highest BCUT2D eigenvalue weighted by Crippen LogP contribution is 2.33. The summed E-state index contributed by atoms with van der Waals surface area (Å²) in [4.78, 5) is 5.05. The van der Waals surface area contributed by atoms with Gasteiger partial charge >= 0.3 is 0 Å². The van der Waals surface area contributed by atoms with E-state index < -0.39 is 0 Å². The first-order valence-electron chi connectivity index (χ1n) is 10.3. The lowest BCUT2D eigenvalue weighted by atomic mass is 9.91. The van der Waals surface area contributed by atoms with Crippen molar-refractivity contribution in [2.75, 3.05) is 5.32 Å². The molecule has 0 radical (unpaired) electrons. The van der Waals surface area contributed by atoms with Crippen molar-refractivity contribution in [3.63, 3.8) is 0 Å². The van der Waals surface area contributed by atoms with Gasteiger partial charge in [0.2, 0.25) is 0 Å². The topological polar surface area (TPSA) is 42.2 Å². The number of nitrogens with zero attached hydrogens (tertiary/aromatic N) is 3. The molecule has 3 aromatic rings. The first-order chi connectivity index (χ1) is 13.3. The summed E-state index contributed by atoms with van der Waals surface area (Å²) in [5.41, 5.74) is 5.10. The molecule has 0 atom stereocenters. The first kappa shape index (κ1) is 19.3. The van der Waals surface area contributed by atoms with Crippen molar-refractivity contribution in [2.45, 2.75) is 71.3 Å². The Morgan fingerprint density at radius 1 is 1.07 bits per heavy atom. The lowest BCUT2D eigenvalue weighted by molar-refractivity contribution is 0.460. The van der Waals surface area contributed by atoms with Crippen molar-refractivity contribution < 1.29 is 0 Å². The second-order valence-corrected chi connectivity index (χ2v) is 9.40. The molecular formula is C23H29ClN4. The summed E-state index contributed by atoms with van der Waals surface area (Å²) in [6.07, 6.45) is 6.38. The van der Waals surface area contributed by atoms with Crippen LogP contribution in [0.3, 0.4) is 0 Å². The average molecular weight is 397 g/mol. The molecule has 2 heterocycles. The maximum Gasteiger partial charge on any atom is 0.165 e. The van der Waals surface area contributed by atoms with Gasteiger partial charge in [0.1, 0.15) is 5.82 Å². The van der Waals surface area contributed by atoms with Crippen molar-refractivity contribution in [2.24, 2.45) is 0 Å². The Kier molecular flexibility index (Phi) is 5.09. The minimum absolute atomic E-state index is 0.0415. The van der Waals surface area contributed by atoms with Crippen molar-refractivity contribution in [3.05, 3.63) is 46.7 Å². The van der Waals surface area contributed by atoms with Gasteiger partial charge in [-0.05, 0) is 37.5 Å². The van der Waals surface area contributed by atoms with E-state index in [1.54, 1.807) is 0 Å². The Morgan fingerprint density at radius 2 is 1.75 bits per heavy atom. The third-order valence-corrected chi connectivity index (χ3v) is 5.87. The van der Waals surface area contributed by atoms with Gasteiger partial charge in [-0.2, -0.15) is 9.61 Å². The van der Waals surface area contributed by atoms with Gasteiger partial charge in [0, 0.05) is 28.1 Å². The number of hydrogen-bond acceptors (Lipinski definition) is 3. The van der Waals surface area contributed by atoms with E-state index >= 15 is 0 Å². The summed E-state index contributed by atoms with van der Waals surface area (Å²) >= 11 is 6.10. The van der Waals surface area contributed by atoms with E-state index in [-0.39, 0.29) is 5.41 Å². The van der Waals surface area contributed by atoms with Crippen molar-refractivity contribution in [1.29, 1.82) is 0 Å². The largest absolute Gasteiger partial charge is 0.367 e. The van der Waals surface area contributed by atoms with Crippen molar-refractivity contribution in [1.82, 2.24) is 14.6 Å². The standard InChI is InChI=1S/C23H29ClN4/c1-15-21(16-10-12-17(24)13-11-16)22-26-19(23(2,3)4)14-20(28(22)27-15)25-18-8-6-5-7-9-18/h10-14,18,25H,5-9H2,1-4H3. The highest BCUT2D eigenvalue weighted by atomic mass is 35.5. The number of rotatable bonds is 3. The summed E-state index contributed by atoms with van der Waals surface area (Å²) in [6, 6.07) is 10.6. The molecule has 1 N–H and O–H groups in total. The molecule has 0 unspecified atom stereocenters. The lowest BCUT2D eigenvalue weighted by Gasteiger charge is -2.25. The summed E-state index contributed by atoms with van der Waals surface area (Å²) in [7, 11) is 0. The number of nitrogens with one attached hydrogen (secondary N) is 1. The zero-order chi connectivity index (χ0) is 19.9. The molecule has 0 spiro atoms. The lowest BCUT2D eigenvalue weighted by Crippen LogP contribution is -2.25. The number of hydrogen-bond donors (Lipinski definition) is 1. The number of aryl methyl sites for hydroxylation is 1. The molecule has 4 rings (SSSR count). The Hall–Kier alpha value is -2.07. The van der Waals surface area contributed by atoms with E-state index in [1.807, 2.05) is 28.8 Å². The highest BCUT2D eigenvalue weighted by molar-refractivity contribution is 6.30. The van der Waals surface area contributed by atoms with Crippen LogP contribution in [0.5, 0.6) is 0 Å². The van der Waals surface area contributed by atoms with E-state index in [9.17, 15) is 0 Å². The summed E-state index contributed by atoms with van der Waals surface area (Å²) in [5.74, 6) is 1.05. The molecular weight excluding hydrogens is 368 g/mol. The zero-order valence-corrected chi connectivity index (χ0v) is 18.0. The second kappa shape index (κ2) is 7.40. The van der Waals surface area contributed by atoms with Crippen LogP contribution in [0, 0.1) is 6.92 Å². The van der Waals surface area contributed by atoms with Gasteiger partial charge in [0.15, 0.2) is 5.65 Å². The molecule has 1 fully saturated rings. The van der Waals surface area contributed by atoms with Crippen LogP contribution < -0.4 is 5.32 Å². The van der Waals surface area contributed by atoms with Crippen LogP contribution in [0.1, 0.15) is 64.3 Å². The fourth-order valence-electron chi connectivity index (χ4n) is 4.02. The van der Waals surface area contributed by atoms with Gasteiger partial charge in [-0.15, -0.1) is 0 Å². The SMILES string of the molecule is Cc1nn2c(NC3CCCCC3)cc(C(C)(C)C)nc2c1-c1ccc(Cl)cc1. The predicted octanol–water partition coefficient (Wildman–Crippen LogP) is 6.40. The molecule has 1 aliphatic rings. The molecule has 5 heteroatoms. The number of halogens is 1. The first-order valence-corrected chi connectivity index (χ1v) is 10.6. The van der Waals surface area contributed by atoms with Gasteiger partial charge < -0.3 is 5.32 Å². The van der Waals surface area contributed by atoms with Crippen LogP contribution in [0.2, 0.25) is 5.02 Å². The Bertz CT molecular complexity index is 976. The smallest absolute Gasteiger partial charge is 0.165 e. The number of fused-ring (bicyclic) bond motifs is 1. The van der Waals surface area contributed by atoms with Gasteiger partial charge in [0.25, 0.3) is 0 Å². The third-order valence-electron chi connectivity index (χ3n) is 5.62. The Labute approximate surface area is 172 Å². The molecule has 0 bridgehead atoms. The van der Waals surface area contributed by atoms with Crippen LogP contribution in [0.15, 0.2) is 30.3 Å². The molecule has 0 amide bonds. The highest BCUT2D eigenvalue weighted by Gasteiger charge is 2.23. The van der Waals surface area contributed by atoms with Crippen molar-refractivity contribution in [3.8, 4) is 11.1 Å². The molecule has 1 saturated carbocycles. The minimum atomic E-state index is -0.0415. The number of anilines is 1. The van der Waals surface area contributed by atoms with E-state index in [0.29, 0.717) is 6.04 Å². The van der Waals surface area contributed by atoms with Gasteiger partial charge in [-0.1, -0.05) is 63.8 Å². The Balaban J connectivity index is 1.88. The van der Waals surface area contributed by atoms with Crippen LogP contribution in [-0.4, -0.2) is 20.6 Å². The molecule has 28 heavy (non-hydrogen) atoms. The van der Waals surface area contributed by atoms with Crippen LogP contribution in [0.25, 0.3) is 16.8 Å². The van der Waals surface area contributed by atoms with E-state index in [0.717, 1.165) is 39.0 Å². The summed E-state index contributed by atoms with van der Waals surface area (Å²) in [5, 5.41) is 9.37. The van der Waals surface area contributed by atoms with E-state index in [1.165, 1.54) is 32.1 Å². The monoisotopic (exact) mass is 396 g/mol. The van der Waals surface area contributed by atoms with Crippen LogP contribution in [0.4, 0.5) is 5.82 Å². The van der Waals surface area contributed by atoms with Crippen LogP contribution in [-0.2, 0) is 5.41 Å². The fraction of sp³-hybridized carbons (Fsp3) is 0.478. The van der Waals surface area contributed by atoms with Gasteiger partial charge in [-0.25, -0.2) is 4.98 Å². The number of benzene rings is 1. The minimum Gasteiger partial charge on any atom is -0.367 e. The van der Waals surface area contributed by atoms with E-state index in [4.69, 9.17) is 21.7 Å². The molecule has 148 valence electrons. The molecule has 1 aromatic carbocycles. The van der Waals surface area contributed by atoms with E-state index in [2.05, 4.69) is 39.1 Å². The quantitative estimate of drug-likeness (QED) is 0.556. The predicted molar refractivity (Wildman–Crippen MR) is 117 cm³/mol. The summed E-state index contributed by atoms with van der Waals surface area (Å²) < 4.78 is 1.99. The Morgan fingerprint density at radius 3 is 2.39 bits per heavy atom. The van der Waals surface area contributed by atoms with Crippen LogP contribution >= 0.6 is 11.6 Å². The van der Waals surface area contributed by atoms with Gasteiger partial charge in [-0.3, -0.25) is 0 Å². The normalized spacial score (nSPS) is 15.9. The number of aromatic nitrogens is 3. The molecule has 1 aliphatic carbocycles. The third kappa shape index (κ3) is 3.75. The molecule has 2 aromatic heterocycles. The van der Waals surface area contributed by atoms with Crippen molar-refractivity contribution >= 4 is 23.1 Å². The molecule has 4 nitrogen and oxygen atoms in total. The maximum atomic E-state index is 6.10. The molecule has 0 aliphatic heterocycles. The maximum absolute atomic E-state index is 6.10. The zero-order valence-electron chi connectivity index (χ0n) is 17.2. The second-order valence-electron chi connectivity index (χ2n) is 8.96.